The van der Waals surface area contributed by atoms with Crippen LogP contribution < -0.4 is 21.7 Å². The first-order chi connectivity index (χ1) is 11.3. The number of thioether (sulfide) groups is 1. The van der Waals surface area contributed by atoms with Gasteiger partial charge >= 0.3 is 0 Å². The molecule has 10 heteroatoms. The van der Waals surface area contributed by atoms with Gasteiger partial charge in [-0.1, -0.05) is 24.4 Å². The molecule has 25 heavy (non-hydrogen) atoms. The van der Waals surface area contributed by atoms with Crippen LogP contribution in [0.1, 0.15) is 34.6 Å². The Hall–Kier alpha value is -0.580. The number of rotatable bonds is 9. The molecule has 0 saturated carbocycles. The van der Waals surface area contributed by atoms with Crippen molar-refractivity contribution in [2.24, 2.45) is 11.1 Å². The average molecular weight is 425 g/mol. The van der Waals surface area contributed by atoms with Gasteiger partial charge in [0.25, 0.3) is 0 Å². The van der Waals surface area contributed by atoms with E-state index in [0.29, 0.717) is 23.1 Å². The first-order valence-electron chi connectivity index (χ1n) is 7.86. The molecule has 0 rings (SSSR count). The topological polar surface area (TPSA) is 96.2 Å². The zero-order chi connectivity index (χ0) is 20.1. The van der Waals surface area contributed by atoms with E-state index in [-0.39, 0.29) is 0 Å². The number of carbonyl (C=O) groups excluding carboxylic acids is 2. The zero-order valence-corrected chi connectivity index (χ0v) is 18.8. The predicted octanol–water partition coefficient (Wildman–Crippen LogP) is 1.24. The quantitative estimate of drug-likeness (QED) is 0.164. The minimum atomic E-state index is -1.58. The molecule has 0 aliphatic rings. The van der Waals surface area contributed by atoms with Crippen molar-refractivity contribution >= 4 is 70.6 Å². The zero-order valence-electron chi connectivity index (χ0n) is 15.5. The number of nitrogens with one attached hydrogen (secondary N) is 3. The molecule has 0 radical (unpaired) electrons. The Bertz CT molecular complexity index is 556. The SMILES string of the molecule is CCNC(=O)C(C)(C(N)=O)C(C)(S)SC(C)(C(=S)NC)C(=S)NCC. The first-order valence-corrected chi connectivity index (χ1v) is 9.94. The summed E-state index contributed by atoms with van der Waals surface area (Å²) in [4.78, 5) is 25.8. The van der Waals surface area contributed by atoms with Crippen molar-refractivity contribution in [1.82, 2.24) is 16.0 Å². The molecular weight excluding hydrogens is 396 g/mol. The molecule has 3 unspecified atom stereocenters. The molecular formula is C15H28N4O2S4. The van der Waals surface area contributed by atoms with Gasteiger partial charge in [0, 0.05) is 20.1 Å². The Morgan fingerprint density at radius 2 is 1.56 bits per heavy atom. The Labute approximate surface area is 170 Å². The van der Waals surface area contributed by atoms with Crippen molar-refractivity contribution in [3.05, 3.63) is 0 Å². The summed E-state index contributed by atoms with van der Waals surface area (Å²) in [6.45, 7) is 9.66. The third kappa shape index (κ3) is 4.99. The first kappa shape index (κ1) is 24.4. The van der Waals surface area contributed by atoms with Crippen LogP contribution in [0.15, 0.2) is 0 Å². The number of hydrogen-bond acceptors (Lipinski definition) is 6. The number of amides is 2. The summed E-state index contributed by atoms with van der Waals surface area (Å²) in [6.07, 6.45) is 0. The van der Waals surface area contributed by atoms with Crippen LogP contribution >= 0.6 is 48.8 Å². The second kappa shape index (κ2) is 9.38. The maximum atomic E-state index is 12.6. The van der Waals surface area contributed by atoms with Crippen LogP contribution in [0.4, 0.5) is 0 Å². The largest absolute Gasteiger partial charge is 0.381 e. The summed E-state index contributed by atoms with van der Waals surface area (Å²) in [5, 5.41) is 8.68. The van der Waals surface area contributed by atoms with Crippen LogP contribution in [0.5, 0.6) is 0 Å². The molecule has 5 N–H and O–H groups in total. The number of primary amides is 1. The van der Waals surface area contributed by atoms with Crippen molar-refractivity contribution in [3.63, 3.8) is 0 Å². The summed E-state index contributed by atoms with van der Waals surface area (Å²) in [5.74, 6) is -1.25. The lowest BCUT2D eigenvalue weighted by molar-refractivity contribution is -0.140. The maximum absolute atomic E-state index is 12.6. The number of carbonyl (C=O) groups is 2. The van der Waals surface area contributed by atoms with Gasteiger partial charge in [0.15, 0.2) is 0 Å². The monoisotopic (exact) mass is 424 g/mol. The van der Waals surface area contributed by atoms with Crippen LogP contribution in [0.3, 0.4) is 0 Å². The maximum Gasteiger partial charge on any atom is 0.237 e. The predicted molar refractivity (Wildman–Crippen MR) is 117 cm³/mol. The molecule has 144 valence electrons. The van der Waals surface area contributed by atoms with Gasteiger partial charge in [0.05, 0.1) is 14.1 Å². The van der Waals surface area contributed by atoms with Crippen LogP contribution in [0, 0.1) is 5.41 Å². The van der Waals surface area contributed by atoms with E-state index in [0.717, 1.165) is 0 Å². The van der Waals surface area contributed by atoms with E-state index < -0.39 is 26.1 Å². The number of nitrogens with two attached hydrogens (primary N) is 1. The lowest BCUT2D eigenvalue weighted by Crippen LogP contribution is -2.60. The standard InChI is InChI=1S/C15H28N4O2S4/c1-7-18-10(21)13(3,9(16)20)15(5,24)25-14(4,11(22)17-6)12(23)19-8-2/h24H,7-8H2,1-6H3,(H2,16,20)(H,17,22)(H,18,21)(H,19,23). The molecule has 6 nitrogen and oxygen atoms in total. The average Bonchev–Trinajstić information content (AvgIpc) is 2.52. The third-order valence-electron chi connectivity index (χ3n) is 4.05. The van der Waals surface area contributed by atoms with E-state index in [4.69, 9.17) is 30.2 Å². The van der Waals surface area contributed by atoms with Gasteiger partial charge < -0.3 is 21.7 Å². The third-order valence-corrected chi connectivity index (χ3v) is 7.81. The van der Waals surface area contributed by atoms with Crippen LogP contribution in [0.25, 0.3) is 0 Å². The normalized spacial score (nSPS) is 18.0. The fourth-order valence-electron chi connectivity index (χ4n) is 2.15. The van der Waals surface area contributed by atoms with Gasteiger partial charge in [-0.3, -0.25) is 9.59 Å². The molecule has 0 aromatic rings. The van der Waals surface area contributed by atoms with E-state index in [1.54, 1.807) is 20.9 Å². The number of hydrogen-bond donors (Lipinski definition) is 5. The number of thiocarbonyl (C=S) groups is 2. The highest BCUT2D eigenvalue weighted by Gasteiger charge is 2.57. The molecule has 0 aromatic carbocycles. The minimum absolute atomic E-state index is 0.373. The minimum Gasteiger partial charge on any atom is -0.381 e. The smallest absolute Gasteiger partial charge is 0.237 e. The van der Waals surface area contributed by atoms with E-state index in [9.17, 15) is 9.59 Å². The van der Waals surface area contributed by atoms with Gasteiger partial charge in [0.2, 0.25) is 11.8 Å². The molecule has 0 fully saturated rings. The lowest BCUT2D eigenvalue weighted by Gasteiger charge is -2.44. The van der Waals surface area contributed by atoms with Gasteiger partial charge in [-0.2, -0.15) is 12.6 Å². The van der Waals surface area contributed by atoms with Gasteiger partial charge in [-0.15, -0.1) is 11.8 Å². The van der Waals surface area contributed by atoms with E-state index in [1.807, 2.05) is 13.8 Å². The van der Waals surface area contributed by atoms with Crippen LogP contribution in [0.2, 0.25) is 0 Å². The van der Waals surface area contributed by atoms with Crippen molar-refractivity contribution in [2.45, 2.75) is 43.4 Å². The van der Waals surface area contributed by atoms with E-state index in [2.05, 4.69) is 28.6 Å². The molecule has 0 aliphatic heterocycles. The summed E-state index contributed by atoms with van der Waals surface area (Å²) in [5.41, 5.74) is 4.01. The van der Waals surface area contributed by atoms with Crippen LogP contribution in [-0.4, -0.2) is 50.8 Å². The second-order valence-corrected chi connectivity index (χ2v) is 9.76. The van der Waals surface area contributed by atoms with E-state index >= 15 is 0 Å². The second-order valence-electron chi connectivity index (χ2n) is 5.91. The van der Waals surface area contributed by atoms with Crippen molar-refractivity contribution in [1.29, 1.82) is 0 Å². The molecule has 0 aliphatic carbocycles. The molecule has 0 spiro atoms. The van der Waals surface area contributed by atoms with E-state index in [1.165, 1.54) is 18.7 Å². The Balaban J connectivity index is 6.08. The van der Waals surface area contributed by atoms with Crippen molar-refractivity contribution < 1.29 is 9.59 Å². The molecule has 0 heterocycles. The molecule has 3 atom stereocenters. The summed E-state index contributed by atoms with van der Waals surface area (Å²) in [7, 11) is 1.70. The molecule has 0 saturated heterocycles. The molecule has 0 bridgehead atoms. The Kier molecular flexibility index (Phi) is 9.17. The summed E-state index contributed by atoms with van der Waals surface area (Å²) >= 11 is 16.8. The van der Waals surface area contributed by atoms with Gasteiger partial charge in [0.1, 0.15) is 10.2 Å². The fourth-order valence-corrected chi connectivity index (χ4v) is 5.13. The van der Waals surface area contributed by atoms with Crippen molar-refractivity contribution in [3.8, 4) is 0 Å². The Morgan fingerprint density at radius 3 is 1.92 bits per heavy atom. The molecule has 0 aromatic heterocycles. The molecule has 2 amide bonds. The van der Waals surface area contributed by atoms with Crippen LogP contribution in [-0.2, 0) is 9.59 Å². The fraction of sp³-hybridized carbons (Fsp3) is 0.733. The highest BCUT2D eigenvalue weighted by atomic mass is 32.2. The lowest BCUT2D eigenvalue weighted by atomic mass is 9.84. The van der Waals surface area contributed by atoms with Gasteiger partial charge in [-0.25, -0.2) is 0 Å². The highest BCUT2D eigenvalue weighted by molar-refractivity contribution is 8.14. The van der Waals surface area contributed by atoms with Gasteiger partial charge in [-0.05, 0) is 34.6 Å². The number of thiol groups is 1. The Morgan fingerprint density at radius 1 is 1.08 bits per heavy atom. The summed E-state index contributed by atoms with van der Waals surface area (Å²) < 4.78 is -2.07. The van der Waals surface area contributed by atoms with Crippen molar-refractivity contribution in [2.75, 3.05) is 20.1 Å². The highest BCUT2D eigenvalue weighted by Crippen LogP contribution is 2.51. The summed E-state index contributed by atoms with van der Waals surface area (Å²) in [6, 6.07) is 0.